The van der Waals surface area contributed by atoms with Gasteiger partial charge >= 0.3 is 0 Å². The quantitative estimate of drug-likeness (QED) is 0.480. The minimum absolute atomic E-state index is 0.0437. The van der Waals surface area contributed by atoms with Gasteiger partial charge in [0, 0.05) is 12.6 Å². The van der Waals surface area contributed by atoms with E-state index in [-0.39, 0.29) is 49.1 Å². The van der Waals surface area contributed by atoms with E-state index in [9.17, 15) is 14.0 Å². The van der Waals surface area contributed by atoms with E-state index in [1.807, 2.05) is 6.07 Å². The van der Waals surface area contributed by atoms with Crippen LogP contribution in [0, 0.1) is 11.2 Å². The van der Waals surface area contributed by atoms with E-state index in [0.717, 1.165) is 5.56 Å². The summed E-state index contributed by atoms with van der Waals surface area (Å²) in [4.78, 5) is 26.2. The van der Waals surface area contributed by atoms with E-state index in [0.29, 0.717) is 29.2 Å². The highest BCUT2D eigenvalue weighted by Gasteiger charge is 2.54. The molecule has 0 saturated carbocycles. The third kappa shape index (κ3) is 4.97. The zero-order valence-corrected chi connectivity index (χ0v) is 20.5. The molecule has 0 aliphatic carbocycles. The summed E-state index contributed by atoms with van der Waals surface area (Å²) < 4.78 is 25.7. The van der Waals surface area contributed by atoms with Crippen LogP contribution in [0.5, 0.6) is 11.5 Å². The number of hydrogen-bond donors (Lipinski definition) is 4. The number of methoxy groups -OCH3 is 1. The fourth-order valence-corrected chi connectivity index (χ4v) is 4.84. The Morgan fingerprint density at radius 1 is 1.29 bits per heavy atom. The monoisotopic (exact) mass is 485 g/mol. The first kappa shape index (κ1) is 24.9. The van der Waals surface area contributed by atoms with Gasteiger partial charge in [0.1, 0.15) is 23.9 Å². The van der Waals surface area contributed by atoms with Crippen molar-refractivity contribution in [2.45, 2.75) is 45.1 Å². The predicted octanol–water partition coefficient (Wildman–Crippen LogP) is 2.98. The van der Waals surface area contributed by atoms with Crippen molar-refractivity contribution < 1.29 is 28.6 Å². The molecule has 2 aliphatic heterocycles. The lowest BCUT2D eigenvalue weighted by molar-refractivity contribution is -0.120. The molecule has 0 bridgehead atoms. The third-order valence-electron chi connectivity index (χ3n) is 6.38. The van der Waals surface area contributed by atoms with Crippen molar-refractivity contribution in [1.29, 1.82) is 0 Å². The van der Waals surface area contributed by atoms with Gasteiger partial charge in [0.15, 0.2) is 0 Å². The number of carbonyl (C=O) groups is 2. The number of aliphatic hydroxyl groups excluding tert-OH is 1. The molecule has 9 heteroatoms. The van der Waals surface area contributed by atoms with E-state index >= 15 is 0 Å². The van der Waals surface area contributed by atoms with Crippen molar-refractivity contribution in [2.24, 2.45) is 5.41 Å². The first-order chi connectivity index (χ1) is 16.6. The predicted molar refractivity (Wildman–Crippen MR) is 130 cm³/mol. The Bertz CT molecular complexity index is 1150. The van der Waals surface area contributed by atoms with Gasteiger partial charge in [-0.15, -0.1) is 0 Å². The van der Waals surface area contributed by atoms with Gasteiger partial charge < -0.3 is 30.5 Å². The molecule has 4 N–H and O–H groups in total. The summed E-state index contributed by atoms with van der Waals surface area (Å²) in [7, 11) is 1.48. The number of fused-ring (bicyclic) bond motifs is 2. The maximum absolute atomic E-state index is 14.9. The van der Waals surface area contributed by atoms with Crippen LogP contribution in [-0.4, -0.2) is 49.8 Å². The highest BCUT2D eigenvalue weighted by molar-refractivity contribution is 6.08. The zero-order chi connectivity index (χ0) is 25.4. The molecule has 8 nitrogen and oxygen atoms in total. The normalized spacial score (nSPS) is 21.1. The van der Waals surface area contributed by atoms with Crippen molar-refractivity contribution in [3.05, 3.63) is 47.3 Å². The molecular formula is C26H32FN3O5. The lowest BCUT2D eigenvalue weighted by atomic mass is 9.77. The number of halogens is 1. The van der Waals surface area contributed by atoms with Gasteiger partial charge in [0.05, 0.1) is 36.5 Å². The number of carbonyl (C=O) groups excluding carboxylic acids is 2. The fraction of sp³-hybridized carbons (Fsp3) is 0.462. The summed E-state index contributed by atoms with van der Waals surface area (Å²) in [6.07, 6.45) is 0.868. The number of nitrogens with one attached hydrogen (secondary N) is 3. The summed E-state index contributed by atoms with van der Waals surface area (Å²) in [5, 5.41) is 17.6. The Morgan fingerprint density at radius 3 is 2.74 bits per heavy atom. The van der Waals surface area contributed by atoms with E-state index < -0.39 is 17.3 Å². The summed E-state index contributed by atoms with van der Waals surface area (Å²) in [6.45, 7) is 6.49. The van der Waals surface area contributed by atoms with E-state index in [1.54, 1.807) is 18.2 Å². The van der Waals surface area contributed by atoms with Crippen molar-refractivity contribution >= 4 is 23.2 Å². The second-order valence-electron chi connectivity index (χ2n) is 10.3. The lowest BCUT2D eigenvalue weighted by Crippen LogP contribution is -2.36. The lowest BCUT2D eigenvalue weighted by Gasteiger charge is -2.23. The standard InChI is InChI=1S/C26H32FN3O5/c1-25(2,3)12-15-9-17-22(18(27)10-15)30-24(33)26(17)13-20(28-14-26)23(32)29-19-6-5-16(35-8-7-31)11-21(19)34-4/h5-6,9-11,20,28,31H,7-8,12-14H2,1-4H3,(H,29,32)(H,30,33). The van der Waals surface area contributed by atoms with Gasteiger partial charge in [0.2, 0.25) is 11.8 Å². The molecule has 35 heavy (non-hydrogen) atoms. The number of rotatable bonds is 7. The Morgan fingerprint density at radius 2 is 2.06 bits per heavy atom. The van der Waals surface area contributed by atoms with Crippen LogP contribution >= 0.6 is 0 Å². The number of amides is 2. The van der Waals surface area contributed by atoms with Crippen molar-refractivity contribution in [3.8, 4) is 11.5 Å². The second-order valence-corrected chi connectivity index (χ2v) is 10.3. The van der Waals surface area contributed by atoms with Gasteiger partial charge in [-0.2, -0.15) is 0 Å². The van der Waals surface area contributed by atoms with Gasteiger partial charge in [-0.05, 0) is 47.6 Å². The Balaban J connectivity index is 1.54. The van der Waals surface area contributed by atoms with E-state index in [1.165, 1.54) is 13.2 Å². The van der Waals surface area contributed by atoms with Gasteiger partial charge in [-0.25, -0.2) is 4.39 Å². The second kappa shape index (κ2) is 9.47. The molecule has 2 amide bonds. The van der Waals surface area contributed by atoms with Gasteiger partial charge in [-0.3, -0.25) is 9.59 Å². The minimum Gasteiger partial charge on any atom is -0.494 e. The summed E-state index contributed by atoms with van der Waals surface area (Å²) >= 11 is 0. The molecule has 188 valence electrons. The van der Waals surface area contributed by atoms with Crippen LogP contribution < -0.4 is 25.4 Å². The van der Waals surface area contributed by atoms with Crippen LogP contribution in [0.3, 0.4) is 0 Å². The number of ether oxygens (including phenoxy) is 2. The zero-order valence-electron chi connectivity index (χ0n) is 20.5. The molecule has 2 unspecified atom stereocenters. The first-order valence-corrected chi connectivity index (χ1v) is 11.7. The Hall–Kier alpha value is -3.17. The first-order valence-electron chi connectivity index (χ1n) is 11.7. The van der Waals surface area contributed by atoms with Crippen LogP contribution in [0.15, 0.2) is 30.3 Å². The maximum atomic E-state index is 14.9. The molecule has 2 aromatic rings. The van der Waals surface area contributed by atoms with Gasteiger partial charge in [-0.1, -0.05) is 26.8 Å². The molecule has 2 aliphatic rings. The molecule has 2 atom stereocenters. The van der Waals surface area contributed by atoms with Crippen LogP contribution in [-0.2, 0) is 21.4 Å². The summed E-state index contributed by atoms with van der Waals surface area (Å²) in [5.74, 6) is -0.173. The molecule has 2 heterocycles. The van der Waals surface area contributed by atoms with Crippen molar-refractivity contribution in [3.63, 3.8) is 0 Å². The third-order valence-corrected chi connectivity index (χ3v) is 6.38. The van der Waals surface area contributed by atoms with Crippen molar-refractivity contribution in [2.75, 3.05) is 37.5 Å². The van der Waals surface area contributed by atoms with Crippen molar-refractivity contribution in [1.82, 2.24) is 5.32 Å². The number of anilines is 2. The fourth-order valence-electron chi connectivity index (χ4n) is 4.84. The number of aliphatic hydroxyl groups is 1. The molecule has 0 aromatic heterocycles. The average Bonchev–Trinajstić information content (AvgIpc) is 3.36. The highest BCUT2D eigenvalue weighted by Crippen LogP contribution is 2.46. The minimum atomic E-state index is -1.02. The molecule has 1 spiro atoms. The van der Waals surface area contributed by atoms with E-state index in [4.69, 9.17) is 14.6 Å². The topological polar surface area (TPSA) is 109 Å². The van der Waals surface area contributed by atoms with Crippen LogP contribution in [0.25, 0.3) is 0 Å². The summed E-state index contributed by atoms with van der Waals surface area (Å²) in [6, 6.07) is 7.66. The number of benzene rings is 2. The Labute approximate surface area is 204 Å². The highest BCUT2D eigenvalue weighted by atomic mass is 19.1. The van der Waals surface area contributed by atoms with Crippen LogP contribution in [0.2, 0.25) is 0 Å². The molecule has 1 saturated heterocycles. The Kier molecular flexibility index (Phi) is 6.75. The molecule has 4 rings (SSSR count). The smallest absolute Gasteiger partial charge is 0.241 e. The van der Waals surface area contributed by atoms with E-state index in [2.05, 4.69) is 36.7 Å². The maximum Gasteiger partial charge on any atom is 0.241 e. The number of hydrogen-bond acceptors (Lipinski definition) is 6. The van der Waals surface area contributed by atoms with Gasteiger partial charge in [0.25, 0.3) is 0 Å². The van der Waals surface area contributed by atoms with Crippen LogP contribution in [0.1, 0.15) is 38.3 Å². The van der Waals surface area contributed by atoms with Crippen LogP contribution in [0.4, 0.5) is 15.8 Å². The molecule has 1 fully saturated rings. The summed E-state index contributed by atoms with van der Waals surface area (Å²) in [5.41, 5.74) is 1.02. The molecule has 2 aromatic carbocycles. The average molecular weight is 486 g/mol. The SMILES string of the molecule is COc1cc(OCCO)ccc1NC(=O)C1CC2(CN1)C(=O)Nc1c(F)cc(CC(C)(C)C)cc12. The largest absolute Gasteiger partial charge is 0.494 e. The molecular weight excluding hydrogens is 453 g/mol. The molecule has 0 radical (unpaired) electrons.